The molecule has 2 aromatic heterocycles. The van der Waals surface area contributed by atoms with Crippen molar-refractivity contribution in [3.05, 3.63) is 76.6 Å². The highest BCUT2D eigenvalue weighted by atomic mass is 19.3. The summed E-state index contributed by atoms with van der Waals surface area (Å²) in [6.07, 6.45) is 6.26. The lowest BCUT2D eigenvalue weighted by Gasteiger charge is -2.24. The van der Waals surface area contributed by atoms with Crippen LogP contribution in [0.3, 0.4) is 0 Å². The molecule has 0 saturated carbocycles. The van der Waals surface area contributed by atoms with E-state index in [0.717, 1.165) is 102 Å². The van der Waals surface area contributed by atoms with Crippen molar-refractivity contribution in [1.29, 1.82) is 0 Å². The smallest absolute Gasteiger partial charge is 0.263 e. The van der Waals surface area contributed by atoms with Crippen LogP contribution < -0.4 is 10.9 Å². The van der Waals surface area contributed by atoms with Gasteiger partial charge in [0, 0.05) is 48.4 Å². The molecule has 0 aliphatic heterocycles. The summed E-state index contributed by atoms with van der Waals surface area (Å²) in [7, 11) is 1.72. The Hall–Kier alpha value is -3.62. The van der Waals surface area contributed by atoms with E-state index >= 15 is 0 Å². The Morgan fingerprint density at radius 2 is 1.79 bits per heavy atom. The number of rotatable bonds is 18. The van der Waals surface area contributed by atoms with Crippen molar-refractivity contribution in [2.75, 3.05) is 13.7 Å². The molecule has 1 atom stereocenters. The number of aromatic nitrogens is 2. The first-order valence-electron chi connectivity index (χ1n) is 17.0. The van der Waals surface area contributed by atoms with Crippen LogP contribution in [-0.2, 0) is 28.9 Å². The van der Waals surface area contributed by atoms with E-state index in [4.69, 9.17) is 9.72 Å². The van der Waals surface area contributed by atoms with Gasteiger partial charge in [-0.15, -0.1) is 0 Å². The average molecular weight is 647 g/mol. The van der Waals surface area contributed by atoms with Gasteiger partial charge in [-0.1, -0.05) is 58.2 Å². The van der Waals surface area contributed by atoms with Gasteiger partial charge in [-0.05, 0) is 104 Å². The molecule has 254 valence electrons. The lowest BCUT2D eigenvalue weighted by Crippen LogP contribution is -2.30. The molecular formula is C39H52F2N4O2. The minimum Gasteiger partial charge on any atom is -0.375 e. The van der Waals surface area contributed by atoms with Crippen LogP contribution in [0.5, 0.6) is 0 Å². The normalized spacial score (nSPS) is 12.6. The molecule has 1 amide bonds. The molecule has 2 aromatic carbocycles. The van der Waals surface area contributed by atoms with Gasteiger partial charge in [-0.25, -0.2) is 14.2 Å². The SMILES string of the molecule is CCn1c(-c2cc(C)cnc2C(C)OC)c(CC(C)(C)CC)c2cc(-c3cc(CCCCCCNNC=O)cc(C(F)F)c3)ccc21. The van der Waals surface area contributed by atoms with Gasteiger partial charge in [0.05, 0.1) is 17.5 Å². The van der Waals surface area contributed by atoms with Crippen molar-refractivity contribution in [1.82, 2.24) is 20.4 Å². The Labute approximate surface area is 279 Å². The molecule has 2 heterocycles. The highest BCUT2D eigenvalue weighted by Gasteiger charge is 2.27. The van der Waals surface area contributed by atoms with Crippen LogP contribution in [0.2, 0.25) is 0 Å². The fourth-order valence-corrected chi connectivity index (χ4v) is 6.39. The zero-order chi connectivity index (χ0) is 34.1. The number of hydrogen-bond acceptors (Lipinski definition) is 4. The molecule has 2 N–H and O–H groups in total. The highest BCUT2D eigenvalue weighted by molar-refractivity contribution is 5.95. The first kappa shape index (κ1) is 36.2. The fourth-order valence-electron chi connectivity index (χ4n) is 6.39. The molecule has 0 spiro atoms. The number of nitrogens with one attached hydrogen (secondary N) is 2. The van der Waals surface area contributed by atoms with E-state index in [2.05, 4.69) is 80.4 Å². The summed E-state index contributed by atoms with van der Waals surface area (Å²) < 4.78 is 36.5. The maximum absolute atomic E-state index is 14.2. The molecule has 1 unspecified atom stereocenters. The number of halogens is 2. The predicted molar refractivity (Wildman–Crippen MR) is 189 cm³/mol. The monoisotopic (exact) mass is 646 g/mol. The second kappa shape index (κ2) is 16.5. The van der Waals surface area contributed by atoms with Crippen LogP contribution in [0.15, 0.2) is 48.7 Å². The van der Waals surface area contributed by atoms with Gasteiger partial charge in [0.25, 0.3) is 6.43 Å². The van der Waals surface area contributed by atoms with Gasteiger partial charge in [0.2, 0.25) is 6.41 Å². The number of hydrogen-bond donors (Lipinski definition) is 2. The number of ether oxygens (including phenoxy) is 1. The first-order chi connectivity index (χ1) is 22.5. The molecule has 0 fully saturated rings. The Bertz CT molecular complexity index is 1650. The maximum atomic E-state index is 14.2. The largest absolute Gasteiger partial charge is 0.375 e. The van der Waals surface area contributed by atoms with Crippen molar-refractivity contribution in [3.63, 3.8) is 0 Å². The summed E-state index contributed by atoms with van der Waals surface area (Å²) in [4.78, 5) is 15.2. The van der Waals surface area contributed by atoms with E-state index in [1.807, 2.05) is 13.1 Å². The molecule has 4 aromatic rings. The topological polar surface area (TPSA) is 68.2 Å². The number of fused-ring (bicyclic) bond motifs is 1. The second-order valence-electron chi connectivity index (χ2n) is 13.4. The lowest BCUT2D eigenvalue weighted by atomic mass is 9.81. The zero-order valence-corrected chi connectivity index (χ0v) is 29.2. The molecule has 0 aliphatic rings. The van der Waals surface area contributed by atoms with Crippen molar-refractivity contribution in [3.8, 4) is 22.4 Å². The maximum Gasteiger partial charge on any atom is 0.263 e. The number of hydrazine groups is 1. The van der Waals surface area contributed by atoms with Crippen LogP contribution in [0, 0.1) is 12.3 Å². The van der Waals surface area contributed by atoms with E-state index in [1.165, 1.54) is 5.56 Å². The van der Waals surface area contributed by atoms with Crippen molar-refractivity contribution < 1.29 is 18.3 Å². The number of methoxy groups -OCH3 is 1. The summed E-state index contributed by atoms with van der Waals surface area (Å²) in [5, 5.41) is 1.15. The summed E-state index contributed by atoms with van der Waals surface area (Å²) in [5.74, 6) is 0. The predicted octanol–water partition coefficient (Wildman–Crippen LogP) is 9.68. The fraction of sp³-hybridized carbons (Fsp3) is 0.487. The Morgan fingerprint density at radius 3 is 2.47 bits per heavy atom. The molecule has 47 heavy (non-hydrogen) atoms. The summed E-state index contributed by atoms with van der Waals surface area (Å²) >= 11 is 0. The molecule has 0 aliphatic carbocycles. The van der Waals surface area contributed by atoms with E-state index in [-0.39, 0.29) is 17.1 Å². The van der Waals surface area contributed by atoms with Crippen LogP contribution in [0.1, 0.15) is 107 Å². The quantitative estimate of drug-likeness (QED) is 0.0642. The second-order valence-corrected chi connectivity index (χ2v) is 13.4. The van der Waals surface area contributed by atoms with E-state index in [1.54, 1.807) is 19.2 Å². The van der Waals surface area contributed by atoms with Gasteiger partial charge < -0.3 is 9.30 Å². The van der Waals surface area contributed by atoms with Crippen LogP contribution in [-0.4, -0.2) is 29.6 Å². The number of unbranched alkanes of at least 4 members (excludes halogenated alkanes) is 3. The minimum atomic E-state index is -2.54. The number of benzene rings is 2. The highest BCUT2D eigenvalue weighted by Crippen LogP contribution is 2.42. The standard InChI is InChI=1S/C39H52F2N4O2/c1-8-39(5,6)23-34-32-22-29(30-19-28(20-31(21-30)38(40)41)14-12-10-11-13-17-43-44-25-46)15-16-35(32)45(9-2)37(34)33-18-26(3)24-42-36(33)27(4)47-7/h15-16,18-22,24-25,27,38,43H,8-14,17,23H2,1-7H3,(H,44,46). The molecule has 0 saturated heterocycles. The number of pyridine rings is 1. The summed E-state index contributed by atoms with van der Waals surface area (Å²) in [5.41, 5.74) is 14.7. The molecule has 0 radical (unpaired) electrons. The minimum absolute atomic E-state index is 0.0473. The number of amides is 1. The van der Waals surface area contributed by atoms with Gasteiger partial charge in [-0.2, -0.15) is 0 Å². The van der Waals surface area contributed by atoms with Gasteiger partial charge in [-0.3, -0.25) is 15.2 Å². The number of carbonyl (C=O) groups is 1. The molecule has 8 heteroatoms. The van der Waals surface area contributed by atoms with E-state index in [9.17, 15) is 13.6 Å². The van der Waals surface area contributed by atoms with Crippen LogP contribution in [0.25, 0.3) is 33.3 Å². The number of aryl methyl sites for hydroxylation is 3. The van der Waals surface area contributed by atoms with Gasteiger partial charge >= 0.3 is 0 Å². The summed E-state index contributed by atoms with van der Waals surface area (Å²) in [6, 6.07) is 14.1. The molecule has 4 rings (SSSR count). The molecule has 6 nitrogen and oxygen atoms in total. The third kappa shape index (κ3) is 8.85. The van der Waals surface area contributed by atoms with Gasteiger partial charge in [0.1, 0.15) is 0 Å². The van der Waals surface area contributed by atoms with Crippen LogP contribution >= 0.6 is 0 Å². The number of carbonyl (C=O) groups excluding carboxylic acids is 1. The van der Waals surface area contributed by atoms with Gasteiger partial charge in [0.15, 0.2) is 0 Å². The zero-order valence-electron chi connectivity index (χ0n) is 29.2. The summed E-state index contributed by atoms with van der Waals surface area (Å²) in [6.45, 7) is 14.6. The average Bonchev–Trinajstić information content (AvgIpc) is 3.36. The number of nitrogens with zero attached hydrogens (tertiary/aromatic N) is 2. The lowest BCUT2D eigenvalue weighted by molar-refractivity contribution is -0.110. The first-order valence-corrected chi connectivity index (χ1v) is 17.0. The number of alkyl halides is 2. The van der Waals surface area contributed by atoms with Crippen LogP contribution in [0.4, 0.5) is 8.78 Å². The molecular weight excluding hydrogens is 594 g/mol. The van der Waals surface area contributed by atoms with Crippen molar-refractivity contribution in [2.24, 2.45) is 5.41 Å². The third-order valence-corrected chi connectivity index (χ3v) is 9.42. The van der Waals surface area contributed by atoms with Crippen molar-refractivity contribution in [2.45, 2.75) is 106 Å². The Morgan fingerprint density at radius 1 is 1.02 bits per heavy atom. The third-order valence-electron chi connectivity index (χ3n) is 9.42. The van der Waals surface area contributed by atoms with Crippen molar-refractivity contribution >= 4 is 17.3 Å². The Kier molecular flexibility index (Phi) is 12.7. The Balaban J connectivity index is 1.81. The van der Waals surface area contributed by atoms with E-state index in [0.29, 0.717) is 13.0 Å². The molecule has 0 bridgehead atoms. The van der Waals surface area contributed by atoms with E-state index < -0.39 is 6.43 Å².